The predicted octanol–water partition coefficient (Wildman–Crippen LogP) is 4.58. The second kappa shape index (κ2) is 5.98. The largest absolute Gasteiger partial charge is 0.496 e. The molecule has 3 aromatic rings. The molecule has 0 radical (unpaired) electrons. The average Bonchev–Trinajstić information content (AvgIpc) is 2.83. The molecule has 2 aromatic heterocycles. The summed E-state index contributed by atoms with van der Waals surface area (Å²) in [4.78, 5) is 21.6. The van der Waals surface area contributed by atoms with Crippen molar-refractivity contribution in [2.45, 2.75) is 26.1 Å². The number of aryl methyl sites for hydroxylation is 2. The number of nitrogens with one attached hydrogen (secondary N) is 1. The summed E-state index contributed by atoms with van der Waals surface area (Å²) in [6.07, 6.45) is 0. The Morgan fingerprint density at radius 1 is 1.35 bits per heavy atom. The Balaban J connectivity index is 2.28. The fourth-order valence-electron chi connectivity index (χ4n) is 2.71. The number of rotatable bonds is 3. The van der Waals surface area contributed by atoms with Gasteiger partial charge in [0.1, 0.15) is 16.4 Å². The van der Waals surface area contributed by atoms with Gasteiger partial charge in [-0.15, -0.1) is 22.9 Å². The number of aromatic nitrogens is 2. The highest BCUT2D eigenvalue weighted by Crippen LogP contribution is 2.37. The Morgan fingerprint density at radius 3 is 2.70 bits per heavy atom. The SMILES string of the molecule is COc1ccc(-c2c(C)sc3nc(C(C)Cl)[nH]c(=O)c23)cc1C. The Kier molecular flexibility index (Phi) is 4.17. The highest BCUT2D eigenvalue weighted by Gasteiger charge is 2.18. The van der Waals surface area contributed by atoms with Crippen LogP contribution >= 0.6 is 22.9 Å². The predicted molar refractivity (Wildman–Crippen MR) is 96.0 cm³/mol. The number of hydrogen-bond donors (Lipinski definition) is 1. The third-order valence-electron chi connectivity index (χ3n) is 3.82. The van der Waals surface area contributed by atoms with E-state index in [1.165, 1.54) is 11.3 Å². The van der Waals surface area contributed by atoms with Gasteiger partial charge in [0.25, 0.3) is 5.56 Å². The fourth-order valence-corrected chi connectivity index (χ4v) is 3.86. The van der Waals surface area contributed by atoms with Crippen LogP contribution in [0.4, 0.5) is 0 Å². The second-order valence-electron chi connectivity index (χ2n) is 5.46. The molecule has 6 heteroatoms. The van der Waals surface area contributed by atoms with Crippen LogP contribution in [0.1, 0.15) is 28.6 Å². The van der Waals surface area contributed by atoms with Crippen LogP contribution in [0.5, 0.6) is 5.75 Å². The van der Waals surface area contributed by atoms with E-state index < -0.39 is 0 Å². The topological polar surface area (TPSA) is 55.0 Å². The Bertz CT molecular complexity index is 944. The zero-order valence-corrected chi connectivity index (χ0v) is 14.9. The second-order valence-corrected chi connectivity index (χ2v) is 7.32. The van der Waals surface area contributed by atoms with Crippen molar-refractivity contribution in [3.8, 4) is 16.9 Å². The molecule has 0 saturated carbocycles. The van der Waals surface area contributed by atoms with Crippen LogP contribution in [0.3, 0.4) is 0 Å². The molecule has 1 unspecified atom stereocenters. The van der Waals surface area contributed by atoms with E-state index in [9.17, 15) is 4.79 Å². The van der Waals surface area contributed by atoms with Gasteiger partial charge >= 0.3 is 0 Å². The van der Waals surface area contributed by atoms with E-state index in [4.69, 9.17) is 16.3 Å². The Labute approximate surface area is 143 Å². The highest BCUT2D eigenvalue weighted by atomic mass is 35.5. The number of nitrogens with zero attached hydrogens (tertiary/aromatic N) is 1. The number of aromatic amines is 1. The molecule has 3 rings (SSSR count). The van der Waals surface area contributed by atoms with Gasteiger partial charge in [-0.05, 0) is 44.0 Å². The standard InChI is InChI=1S/C17H17ClN2O2S/c1-8-7-11(5-6-12(8)22-4)13-10(3)23-17-14(13)16(21)19-15(20-17)9(2)18/h5-7,9H,1-4H3,(H,19,20,21). The number of alkyl halides is 1. The summed E-state index contributed by atoms with van der Waals surface area (Å²) in [6.45, 7) is 5.78. The van der Waals surface area contributed by atoms with Crippen LogP contribution in [0.25, 0.3) is 21.3 Å². The summed E-state index contributed by atoms with van der Waals surface area (Å²) < 4.78 is 5.31. The van der Waals surface area contributed by atoms with Gasteiger partial charge in [-0.3, -0.25) is 4.79 Å². The van der Waals surface area contributed by atoms with E-state index >= 15 is 0 Å². The van der Waals surface area contributed by atoms with Crippen molar-refractivity contribution in [2.24, 2.45) is 0 Å². The van der Waals surface area contributed by atoms with Gasteiger partial charge < -0.3 is 9.72 Å². The lowest BCUT2D eigenvalue weighted by Crippen LogP contribution is -2.11. The minimum atomic E-state index is -0.332. The monoisotopic (exact) mass is 348 g/mol. The number of H-pyrrole nitrogens is 1. The Hall–Kier alpha value is -1.85. The molecule has 23 heavy (non-hydrogen) atoms. The molecule has 4 nitrogen and oxygen atoms in total. The molecule has 0 amide bonds. The number of ether oxygens (including phenoxy) is 1. The van der Waals surface area contributed by atoms with Gasteiger partial charge in [-0.1, -0.05) is 6.07 Å². The third-order valence-corrected chi connectivity index (χ3v) is 5.02. The summed E-state index contributed by atoms with van der Waals surface area (Å²) >= 11 is 7.57. The van der Waals surface area contributed by atoms with Gasteiger partial charge in [0.15, 0.2) is 0 Å². The van der Waals surface area contributed by atoms with Crippen molar-refractivity contribution in [1.82, 2.24) is 9.97 Å². The summed E-state index contributed by atoms with van der Waals surface area (Å²) in [5, 5.41) is 0.291. The molecule has 0 aliphatic heterocycles. The van der Waals surface area contributed by atoms with E-state index in [0.29, 0.717) is 11.2 Å². The zero-order chi connectivity index (χ0) is 16.7. The van der Waals surface area contributed by atoms with E-state index in [2.05, 4.69) is 9.97 Å². The van der Waals surface area contributed by atoms with Crippen LogP contribution in [0.2, 0.25) is 0 Å². The molecular formula is C17H17ClN2O2S. The minimum Gasteiger partial charge on any atom is -0.496 e. The molecule has 0 spiro atoms. The first kappa shape index (κ1) is 16.0. The molecule has 0 fully saturated rings. The third kappa shape index (κ3) is 2.75. The number of methoxy groups -OCH3 is 1. The summed E-state index contributed by atoms with van der Waals surface area (Å²) in [5.41, 5.74) is 2.80. The lowest BCUT2D eigenvalue weighted by atomic mass is 10.0. The smallest absolute Gasteiger partial charge is 0.260 e. The maximum atomic E-state index is 12.5. The van der Waals surface area contributed by atoms with Gasteiger partial charge in [-0.25, -0.2) is 4.98 Å². The summed E-state index contributed by atoms with van der Waals surface area (Å²) in [6, 6.07) is 5.92. The molecule has 0 saturated heterocycles. The molecule has 2 heterocycles. The fraction of sp³-hybridized carbons (Fsp3) is 0.294. The number of fused-ring (bicyclic) bond motifs is 1. The molecule has 120 valence electrons. The van der Waals surface area contributed by atoms with Crippen LogP contribution in [0, 0.1) is 13.8 Å². The molecular weight excluding hydrogens is 332 g/mol. The molecule has 1 aromatic carbocycles. The number of halogens is 1. The first-order valence-corrected chi connectivity index (χ1v) is 8.50. The highest BCUT2D eigenvalue weighted by molar-refractivity contribution is 7.19. The van der Waals surface area contributed by atoms with Gasteiger partial charge in [0.2, 0.25) is 0 Å². The van der Waals surface area contributed by atoms with Crippen molar-refractivity contribution in [3.05, 3.63) is 44.8 Å². The van der Waals surface area contributed by atoms with Crippen molar-refractivity contribution in [3.63, 3.8) is 0 Å². The maximum Gasteiger partial charge on any atom is 0.260 e. The van der Waals surface area contributed by atoms with Crippen LogP contribution < -0.4 is 10.3 Å². The van der Waals surface area contributed by atoms with Crippen LogP contribution in [-0.2, 0) is 0 Å². The molecule has 0 aliphatic carbocycles. The van der Waals surface area contributed by atoms with E-state index in [0.717, 1.165) is 32.1 Å². The number of benzene rings is 1. The molecule has 1 atom stereocenters. The van der Waals surface area contributed by atoms with Gasteiger partial charge in [-0.2, -0.15) is 0 Å². The van der Waals surface area contributed by atoms with E-state index in [-0.39, 0.29) is 10.9 Å². The average molecular weight is 349 g/mol. The summed E-state index contributed by atoms with van der Waals surface area (Å²) in [7, 11) is 1.65. The van der Waals surface area contributed by atoms with Crippen molar-refractivity contribution < 1.29 is 4.74 Å². The quantitative estimate of drug-likeness (QED) is 0.705. The maximum absolute atomic E-state index is 12.5. The minimum absolute atomic E-state index is 0.148. The summed E-state index contributed by atoms with van der Waals surface area (Å²) in [5.74, 6) is 1.33. The Morgan fingerprint density at radius 2 is 2.09 bits per heavy atom. The number of thiophene rings is 1. The molecule has 1 N–H and O–H groups in total. The lowest BCUT2D eigenvalue weighted by Gasteiger charge is -2.08. The first-order valence-electron chi connectivity index (χ1n) is 7.24. The number of hydrogen-bond acceptors (Lipinski definition) is 4. The van der Waals surface area contributed by atoms with Crippen LogP contribution in [0.15, 0.2) is 23.0 Å². The van der Waals surface area contributed by atoms with E-state index in [1.54, 1.807) is 14.0 Å². The van der Waals surface area contributed by atoms with Crippen molar-refractivity contribution >= 4 is 33.2 Å². The van der Waals surface area contributed by atoms with Gasteiger partial charge in [0, 0.05) is 10.4 Å². The molecule has 0 aliphatic rings. The van der Waals surface area contributed by atoms with E-state index in [1.807, 2.05) is 32.0 Å². The zero-order valence-electron chi connectivity index (χ0n) is 13.4. The van der Waals surface area contributed by atoms with Crippen molar-refractivity contribution in [1.29, 1.82) is 0 Å². The lowest BCUT2D eigenvalue weighted by molar-refractivity contribution is 0.412. The first-order chi connectivity index (χ1) is 10.9. The van der Waals surface area contributed by atoms with Gasteiger partial charge in [0.05, 0.1) is 17.9 Å². The van der Waals surface area contributed by atoms with Crippen molar-refractivity contribution in [2.75, 3.05) is 7.11 Å². The molecule has 0 bridgehead atoms. The normalized spacial score (nSPS) is 12.6. The van der Waals surface area contributed by atoms with Crippen LogP contribution in [-0.4, -0.2) is 17.1 Å².